The molecule has 2 aliphatic carbocycles. The highest BCUT2D eigenvalue weighted by molar-refractivity contribution is 5.31. The highest BCUT2D eigenvalue weighted by Gasteiger charge is 2.23. The quantitative estimate of drug-likeness (QED) is 0.652. The molecule has 0 spiro atoms. The van der Waals surface area contributed by atoms with E-state index in [1.165, 1.54) is 24.8 Å². The van der Waals surface area contributed by atoms with Crippen molar-refractivity contribution in [1.29, 1.82) is 0 Å². The average molecular weight is 149 g/mol. The van der Waals surface area contributed by atoms with Crippen LogP contribution in [0.4, 0.5) is 0 Å². The molecule has 0 aromatic rings. The summed E-state index contributed by atoms with van der Waals surface area (Å²) in [6.45, 7) is 0.741. The summed E-state index contributed by atoms with van der Waals surface area (Å²) in [5, 5.41) is 0. The molecule has 0 heterocycles. The van der Waals surface area contributed by atoms with Gasteiger partial charge in [0, 0.05) is 6.54 Å². The predicted molar refractivity (Wildman–Crippen MR) is 47.2 cm³/mol. The number of hydrogen-bond acceptors (Lipinski definition) is 1. The fourth-order valence-electron chi connectivity index (χ4n) is 1.62. The maximum Gasteiger partial charge on any atom is 0.0143 e. The zero-order valence-corrected chi connectivity index (χ0v) is 6.84. The summed E-state index contributed by atoms with van der Waals surface area (Å²) >= 11 is 0. The van der Waals surface area contributed by atoms with Gasteiger partial charge in [-0.2, -0.15) is 0 Å². The molecule has 60 valence electrons. The van der Waals surface area contributed by atoms with Gasteiger partial charge in [0.05, 0.1) is 0 Å². The molecule has 0 aliphatic heterocycles. The first-order valence-corrected chi connectivity index (χ1v) is 4.46. The number of allylic oxidation sites excluding steroid dienone is 3. The van der Waals surface area contributed by atoms with Crippen molar-refractivity contribution in [2.45, 2.75) is 25.7 Å². The van der Waals surface area contributed by atoms with Gasteiger partial charge in [0.25, 0.3) is 0 Å². The zero-order valence-electron chi connectivity index (χ0n) is 6.84. The van der Waals surface area contributed by atoms with Crippen molar-refractivity contribution in [3.8, 4) is 0 Å². The molecule has 2 aliphatic rings. The molecule has 1 fully saturated rings. The first-order chi connectivity index (χ1) is 5.38. The second-order valence-corrected chi connectivity index (χ2v) is 3.68. The predicted octanol–water partition coefficient (Wildman–Crippen LogP) is 2.00. The van der Waals surface area contributed by atoms with E-state index < -0.39 is 0 Å². The maximum atomic E-state index is 5.54. The van der Waals surface area contributed by atoms with Gasteiger partial charge in [-0.15, -0.1) is 0 Å². The van der Waals surface area contributed by atoms with Crippen molar-refractivity contribution in [3.05, 3.63) is 23.3 Å². The van der Waals surface area contributed by atoms with Crippen LogP contribution in [0.15, 0.2) is 23.3 Å². The van der Waals surface area contributed by atoms with Crippen molar-refractivity contribution in [2.24, 2.45) is 11.7 Å². The van der Waals surface area contributed by atoms with E-state index >= 15 is 0 Å². The van der Waals surface area contributed by atoms with Gasteiger partial charge in [-0.3, -0.25) is 0 Å². The van der Waals surface area contributed by atoms with Crippen molar-refractivity contribution < 1.29 is 0 Å². The molecule has 1 saturated carbocycles. The van der Waals surface area contributed by atoms with Gasteiger partial charge in [0.15, 0.2) is 0 Å². The number of nitrogens with two attached hydrogens (primary N) is 1. The summed E-state index contributed by atoms with van der Waals surface area (Å²) in [6, 6.07) is 0. The summed E-state index contributed by atoms with van der Waals surface area (Å²) in [6.07, 6.45) is 9.86. The lowest BCUT2D eigenvalue weighted by molar-refractivity contribution is 0.798. The van der Waals surface area contributed by atoms with Crippen LogP contribution < -0.4 is 5.73 Å². The van der Waals surface area contributed by atoms with Gasteiger partial charge < -0.3 is 5.73 Å². The lowest BCUT2D eigenvalue weighted by Gasteiger charge is -2.00. The lowest BCUT2D eigenvalue weighted by atomic mass is 10.1. The fourth-order valence-corrected chi connectivity index (χ4v) is 1.62. The van der Waals surface area contributed by atoms with Crippen molar-refractivity contribution in [2.75, 3.05) is 6.54 Å². The molecule has 0 bridgehead atoms. The van der Waals surface area contributed by atoms with E-state index in [1.807, 2.05) is 0 Å². The molecule has 0 saturated heterocycles. The van der Waals surface area contributed by atoms with Crippen molar-refractivity contribution >= 4 is 0 Å². The van der Waals surface area contributed by atoms with Crippen LogP contribution in [0.5, 0.6) is 0 Å². The molecule has 0 amide bonds. The zero-order chi connectivity index (χ0) is 7.68. The normalized spacial score (nSPS) is 23.4. The third kappa shape index (κ3) is 1.72. The van der Waals surface area contributed by atoms with Crippen LogP contribution in [0.3, 0.4) is 0 Å². The van der Waals surface area contributed by atoms with Crippen molar-refractivity contribution in [3.63, 3.8) is 0 Å². The van der Waals surface area contributed by atoms with Gasteiger partial charge in [0.1, 0.15) is 0 Å². The molecule has 1 nitrogen and oxygen atoms in total. The Morgan fingerprint density at radius 3 is 2.55 bits per heavy atom. The Labute approximate surface area is 68.0 Å². The smallest absolute Gasteiger partial charge is 0.0143 e. The van der Waals surface area contributed by atoms with Crippen LogP contribution in [0.25, 0.3) is 0 Å². The molecule has 0 aromatic heterocycles. The Bertz CT molecular complexity index is 209. The summed E-state index contributed by atoms with van der Waals surface area (Å²) in [5.74, 6) is 1.02. The minimum Gasteiger partial charge on any atom is -0.327 e. The van der Waals surface area contributed by atoms with Crippen LogP contribution in [-0.4, -0.2) is 6.54 Å². The molecule has 1 heteroatoms. The second kappa shape index (κ2) is 2.82. The average Bonchev–Trinajstić information content (AvgIpc) is 2.68. The topological polar surface area (TPSA) is 26.0 Å². The molecule has 0 aromatic carbocycles. The molecule has 0 atom stereocenters. The molecule has 11 heavy (non-hydrogen) atoms. The van der Waals surface area contributed by atoms with Gasteiger partial charge in [-0.25, -0.2) is 0 Å². The number of hydrogen-bond donors (Lipinski definition) is 1. The van der Waals surface area contributed by atoms with Crippen LogP contribution in [0.2, 0.25) is 0 Å². The van der Waals surface area contributed by atoms with E-state index in [0.29, 0.717) is 0 Å². The third-order valence-electron chi connectivity index (χ3n) is 2.52. The summed E-state index contributed by atoms with van der Waals surface area (Å²) < 4.78 is 0. The van der Waals surface area contributed by atoms with Gasteiger partial charge in [-0.1, -0.05) is 23.3 Å². The van der Waals surface area contributed by atoms with Crippen LogP contribution in [-0.2, 0) is 0 Å². The minimum atomic E-state index is 0.741. The minimum absolute atomic E-state index is 0.741. The molecule has 0 unspecified atom stereocenters. The monoisotopic (exact) mass is 149 g/mol. The number of rotatable bonds is 3. The molecular formula is C10H15N. The summed E-state index contributed by atoms with van der Waals surface area (Å²) in [5.41, 5.74) is 8.55. The Hall–Kier alpha value is -0.560. The largest absolute Gasteiger partial charge is 0.327 e. The molecule has 2 rings (SSSR count). The van der Waals surface area contributed by atoms with E-state index in [1.54, 1.807) is 5.57 Å². The second-order valence-electron chi connectivity index (χ2n) is 3.68. The first-order valence-electron chi connectivity index (χ1n) is 4.46. The molecule has 0 radical (unpaired) electrons. The van der Waals surface area contributed by atoms with E-state index in [4.69, 9.17) is 5.73 Å². The van der Waals surface area contributed by atoms with Gasteiger partial charge >= 0.3 is 0 Å². The SMILES string of the molecule is NCC1=CC=C(CC2CC2)C1. The maximum absolute atomic E-state index is 5.54. The van der Waals surface area contributed by atoms with Gasteiger partial charge in [-0.05, 0) is 31.6 Å². The molecule has 2 N–H and O–H groups in total. The Morgan fingerprint density at radius 1 is 1.27 bits per heavy atom. The lowest BCUT2D eigenvalue weighted by Crippen LogP contribution is -2.01. The highest BCUT2D eigenvalue weighted by atomic mass is 14.5. The highest BCUT2D eigenvalue weighted by Crippen LogP contribution is 2.37. The van der Waals surface area contributed by atoms with Gasteiger partial charge in [0.2, 0.25) is 0 Å². The fraction of sp³-hybridized carbons (Fsp3) is 0.600. The first kappa shape index (κ1) is 7.11. The Balaban J connectivity index is 1.81. The third-order valence-corrected chi connectivity index (χ3v) is 2.52. The Kier molecular flexibility index (Phi) is 1.82. The van der Waals surface area contributed by atoms with E-state index in [2.05, 4.69) is 12.2 Å². The van der Waals surface area contributed by atoms with Crippen LogP contribution in [0, 0.1) is 5.92 Å². The standard InChI is InChI=1S/C10H15N/c11-7-10-4-3-9(6-10)5-8-1-2-8/h3-4,8H,1-2,5-7,11H2. The summed E-state index contributed by atoms with van der Waals surface area (Å²) in [7, 11) is 0. The van der Waals surface area contributed by atoms with Crippen molar-refractivity contribution in [1.82, 2.24) is 0 Å². The van der Waals surface area contributed by atoms with Crippen LogP contribution in [0.1, 0.15) is 25.7 Å². The Morgan fingerprint density at radius 2 is 2.00 bits per heavy atom. The van der Waals surface area contributed by atoms with E-state index in [-0.39, 0.29) is 0 Å². The van der Waals surface area contributed by atoms with E-state index in [9.17, 15) is 0 Å². The van der Waals surface area contributed by atoms with Crippen LogP contribution >= 0.6 is 0 Å². The summed E-state index contributed by atoms with van der Waals surface area (Å²) in [4.78, 5) is 0. The van der Waals surface area contributed by atoms with E-state index in [0.717, 1.165) is 18.9 Å². The molecular weight excluding hydrogens is 134 g/mol.